The van der Waals surface area contributed by atoms with Gasteiger partial charge in [-0.3, -0.25) is 0 Å². The molecule has 2 saturated heterocycles. The third-order valence-corrected chi connectivity index (χ3v) is 7.03. The van der Waals surface area contributed by atoms with Gasteiger partial charge in [0, 0.05) is 17.7 Å². The molecule has 9 heteroatoms. The first kappa shape index (κ1) is 25.0. The van der Waals surface area contributed by atoms with Crippen molar-refractivity contribution in [2.24, 2.45) is 5.92 Å². The smallest absolute Gasteiger partial charge is 0.419 e. The molecule has 2 amide bonds. The molecule has 0 aliphatic carbocycles. The highest BCUT2D eigenvalue weighted by atomic mass is 32.2. The van der Waals surface area contributed by atoms with Gasteiger partial charge in [0.05, 0.1) is 23.6 Å². The molecule has 1 unspecified atom stereocenters. The fourth-order valence-electron chi connectivity index (χ4n) is 3.93. The Morgan fingerprint density at radius 2 is 1.94 bits per heavy atom. The van der Waals surface area contributed by atoms with Crippen molar-refractivity contribution in [1.29, 1.82) is 0 Å². The van der Waals surface area contributed by atoms with E-state index in [1.54, 1.807) is 57.2 Å². The maximum absolute atomic E-state index is 12.9. The number of carbonyl (C=O) groups excluding carboxylic acids is 2. The largest absolute Gasteiger partial charge is 0.444 e. The zero-order valence-corrected chi connectivity index (χ0v) is 20.2. The Bertz CT molecular complexity index is 1030. The van der Waals surface area contributed by atoms with Gasteiger partial charge in [0.1, 0.15) is 11.7 Å². The van der Waals surface area contributed by atoms with E-state index in [2.05, 4.69) is 6.58 Å². The van der Waals surface area contributed by atoms with Crippen molar-refractivity contribution in [3.63, 3.8) is 0 Å². The average Bonchev–Trinajstić information content (AvgIpc) is 3.22. The average molecular weight is 478 g/mol. The molecule has 0 radical (unpaired) electrons. The van der Waals surface area contributed by atoms with Crippen LogP contribution in [0.5, 0.6) is 0 Å². The van der Waals surface area contributed by atoms with Crippen LogP contribution in [-0.4, -0.2) is 56.0 Å². The summed E-state index contributed by atoms with van der Waals surface area (Å²) in [5, 5.41) is 1.29. The maximum Gasteiger partial charge on any atom is 0.419 e. The number of nitrogens with zero attached hydrogens (tertiary/aromatic N) is 1. The van der Waals surface area contributed by atoms with E-state index in [4.69, 9.17) is 14.2 Å². The molecule has 0 bridgehead atoms. The molecule has 0 saturated carbocycles. The summed E-state index contributed by atoms with van der Waals surface area (Å²) in [4.78, 5) is 25.6. The van der Waals surface area contributed by atoms with E-state index in [0.717, 1.165) is 4.90 Å². The summed E-state index contributed by atoms with van der Waals surface area (Å²) < 4.78 is 42.6. The fourth-order valence-corrected chi connectivity index (χ4v) is 5.33. The van der Waals surface area contributed by atoms with Crippen LogP contribution in [0, 0.1) is 5.92 Å². The van der Waals surface area contributed by atoms with Crippen molar-refractivity contribution in [3.8, 4) is 0 Å². The lowest BCUT2D eigenvalue weighted by Crippen LogP contribution is -2.38. The Hall–Kier alpha value is -2.65. The number of amides is 2. The first-order valence-corrected chi connectivity index (χ1v) is 12.4. The Morgan fingerprint density at radius 3 is 2.55 bits per heavy atom. The van der Waals surface area contributed by atoms with Gasteiger partial charge in [-0.2, -0.15) is 0 Å². The predicted octanol–water partition coefficient (Wildman–Crippen LogP) is 4.47. The van der Waals surface area contributed by atoms with Gasteiger partial charge in [0.2, 0.25) is 0 Å². The Kier molecular flexibility index (Phi) is 7.33. The van der Waals surface area contributed by atoms with E-state index < -0.39 is 39.8 Å². The summed E-state index contributed by atoms with van der Waals surface area (Å²) in [6, 6.07) is 8.21. The Labute approximate surface area is 195 Å². The molecule has 33 heavy (non-hydrogen) atoms. The van der Waals surface area contributed by atoms with Gasteiger partial charge in [-0.1, -0.05) is 31.2 Å². The van der Waals surface area contributed by atoms with Crippen LogP contribution in [0.2, 0.25) is 0 Å². The number of carbonyl (C=O) groups is 2. The first-order valence-electron chi connectivity index (χ1n) is 10.9. The lowest BCUT2D eigenvalue weighted by molar-refractivity contribution is 0.0112. The highest BCUT2D eigenvalue weighted by Gasteiger charge is 2.43. The zero-order chi connectivity index (χ0) is 24.4. The number of benzene rings is 1. The second-order valence-corrected chi connectivity index (χ2v) is 11.1. The minimum absolute atomic E-state index is 0.0494. The van der Waals surface area contributed by atoms with Crippen LogP contribution in [0.1, 0.15) is 40.5 Å². The topological polar surface area (TPSA) is 99.2 Å². The number of cyclic esters (lactones) is 1. The molecular formula is C24H31NO7S. The van der Waals surface area contributed by atoms with Crippen LogP contribution in [0.4, 0.5) is 9.59 Å². The third-order valence-electron chi connectivity index (χ3n) is 5.52. The van der Waals surface area contributed by atoms with Crippen molar-refractivity contribution in [3.05, 3.63) is 54.0 Å². The van der Waals surface area contributed by atoms with E-state index in [-0.39, 0.29) is 23.5 Å². The second kappa shape index (κ2) is 9.69. The normalized spacial score (nSPS) is 27.0. The molecule has 2 heterocycles. The maximum atomic E-state index is 12.9. The fraction of sp³-hybridized carbons (Fsp3) is 0.500. The van der Waals surface area contributed by atoms with E-state index in [0.29, 0.717) is 18.4 Å². The zero-order valence-electron chi connectivity index (χ0n) is 19.4. The summed E-state index contributed by atoms with van der Waals surface area (Å²) in [7, 11) is -3.66. The number of hydrogen-bond acceptors (Lipinski definition) is 7. The molecular weight excluding hydrogens is 446 g/mol. The molecule has 0 aromatic heterocycles. The SMILES string of the molecule is C=CC[C@@H]1OC(C[C@H]2CN(C(=O)OC(C)(C)C)C(=O)O2)[C@H](C)C1=CS(=O)(=O)c1ccccc1. The molecule has 2 aliphatic heterocycles. The van der Waals surface area contributed by atoms with E-state index in [1.807, 2.05) is 6.92 Å². The van der Waals surface area contributed by atoms with Crippen molar-refractivity contribution in [2.75, 3.05) is 6.54 Å². The van der Waals surface area contributed by atoms with Gasteiger partial charge >= 0.3 is 12.2 Å². The van der Waals surface area contributed by atoms with Gasteiger partial charge in [-0.05, 0) is 44.9 Å². The molecule has 3 rings (SSSR count). The summed E-state index contributed by atoms with van der Waals surface area (Å²) in [5.74, 6) is -0.234. The molecule has 4 atom stereocenters. The van der Waals surface area contributed by atoms with Crippen LogP contribution in [-0.2, 0) is 24.0 Å². The molecule has 1 aromatic carbocycles. The predicted molar refractivity (Wildman–Crippen MR) is 122 cm³/mol. The van der Waals surface area contributed by atoms with Gasteiger partial charge in [-0.25, -0.2) is 22.9 Å². The molecule has 2 fully saturated rings. The van der Waals surface area contributed by atoms with E-state index >= 15 is 0 Å². The molecule has 1 aromatic rings. The number of hydrogen-bond donors (Lipinski definition) is 0. The number of sulfone groups is 1. The van der Waals surface area contributed by atoms with Crippen LogP contribution in [0.3, 0.4) is 0 Å². The summed E-state index contributed by atoms with van der Waals surface area (Å²) >= 11 is 0. The van der Waals surface area contributed by atoms with Gasteiger partial charge in [0.15, 0.2) is 9.84 Å². The number of ether oxygens (including phenoxy) is 3. The lowest BCUT2D eigenvalue weighted by Gasteiger charge is -2.22. The van der Waals surface area contributed by atoms with Crippen molar-refractivity contribution in [2.45, 2.75) is 69.3 Å². The molecule has 0 spiro atoms. The molecule has 180 valence electrons. The highest BCUT2D eigenvalue weighted by Crippen LogP contribution is 2.38. The van der Waals surface area contributed by atoms with Crippen molar-refractivity contribution >= 4 is 22.0 Å². The minimum Gasteiger partial charge on any atom is -0.444 e. The quantitative estimate of drug-likeness (QED) is 0.557. The van der Waals surface area contributed by atoms with E-state index in [9.17, 15) is 18.0 Å². The Morgan fingerprint density at radius 1 is 1.27 bits per heavy atom. The first-order chi connectivity index (χ1) is 15.4. The van der Waals surface area contributed by atoms with Crippen LogP contribution in [0.25, 0.3) is 0 Å². The van der Waals surface area contributed by atoms with Crippen molar-refractivity contribution < 1.29 is 32.2 Å². The molecule has 0 N–H and O–H groups in total. The van der Waals surface area contributed by atoms with Crippen molar-refractivity contribution in [1.82, 2.24) is 4.90 Å². The van der Waals surface area contributed by atoms with Crippen LogP contribution >= 0.6 is 0 Å². The molecule has 8 nitrogen and oxygen atoms in total. The summed E-state index contributed by atoms with van der Waals surface area (Å²) in [5.41, 5.74) is -0.0857. The minimum atomic E-state index is -3.66. The number of rotatable bonds is 6. The van der Waals surface area contributed by atoms with Gasteiger partial charge in [0.25, 0.3) is 0 Å². The lowest BCUT2D eigenvalue weighted by atomic mass is 9.92. The van der Waals surface area contributed by atoms with Crippen LogP contribution in [0.15, 0.2) is 58.9 Å². The van der Waals surface area contributed by atoms with Gasteiger partial charge < -0.3 is 14.2 Å². The van der Waals surface area contributed by atoms with Gasteiger partial charge in [-0.15, -0.1) is 6.58 Å². The summed E-state index contributed by atoms with van der Waals surface area (Å²) in [6.45, 7) is 10.8. The molecule has 2 aliphatic rings. The standard InChI is InChI=1S/C24H31NO7S/c1-6-10-20-19(15-33(28,29)18-11-8-7-9-12-18)16(2)21(31-20)13-17-14-25(22(26)30-17)23(27)32-24(3,4)5/h6-9,11-12,15-17,20-21H,1,10,13-14H2,2-5H3/t16-,17+,20+,21?/m1/s1. The van der Waals surface area contributed by atoms with Crippen LogP contribution < -0.4 is 0 Å². The monoisotopic (exact) mass is 477 g/mol. The third kappa shape index (κ3) is 6.03. The van der Waals surface area contributed by atoms with E-state index in [1.165, 1.54) is 5.41 Å². The number of imide groups is 1. The highest BCUT2D eigenvalue weighted by molar-refractivity contribution is 7.94. The summed E-state index contributed by atoms with van der Waals surface area (Å²) in [6.07, 6.45) is -0.466. The Balaban J connectivity index is 1.74. The second-order valence-electron chi connectivity index (χ2n) is 9.28.